The lowest BCUT2D eigenvalue weighted by Crippen LogP contribution is -2.48. The van der Waals surface area contributed by atoms with Gasteiger partial charge in [-0.3, -0.25) is 0 Å². The van der Waals surface area contributed by atoms with Gasteiger partial charge in [-0.25, -0.2) is 0 Å². The largest absolute Gasteiger partial charge is 0.316 e. The number of nitrogens with one attached hydrogen (secondary N) is 2. The lowest BCUT2D eigenvalue weighted by Gasteiger charge is -2.39. The van der Waals surface area contributed by atoms with Crippen LogP contribution in [0.5, 0.6) is 0 Å². The predicted octanol–water partition coefficient (Wildman–Crippen LogP) is 3.71. The maximum absolute atomic E-state index is 3.94. The van der Waals surface area contributed by atoms with E-state index in [0.717, 1.165) is 12.0 Å². The van der Waals surface area contributed by atoms with Gasteiger partial charge in [0.15, 0.2) is 0 Å². The van der Waals surface area contributed by atoms with E-state index in [2.05, 4.69) is 24.5 Å². The second-order valence-electron chi connectivity index (χ2n) is 7.22. The van der Waals surface area contributed by atoms with Crippen molar-refractivity contribution in [2.75, 3.05) is 19.6 Å². The number of piperidine rings is 1. The van der Waals surface area contributed by atoms with Crippen LogP contribution in [-0.2, 0) is 0 Å². The van der Waals surface area contributed by atoms with Crippen LogP contribution >= 0.6 is 0 Å². The van der Waals surface area contributed by atoms with Gasteiger partial charge in [0.25, 0.3) is 0 Å². The van der Waals surface area contributed by atoms with Crippen LogP contribution in [0.1, 0.15) is 71.6 Å². The summed E-state index contributed by atoms with van der Waals surface area (Å²) < 4.78 is 0. The van der Waals surface area contributed by atoms with Gasteiger partial charge in [0, 0.05) is 19.1 Å². The summed E-state index contributed by atoms with van der Waals surface area (Å²) in [6, 6.07) is 0.792. The van der Waals surface area contributed by atoms with Crippen LogP contribution in [0.25, 0.3) is 0 Å². The molecule has 2 fully saturated rings. The van der Waals surface area contributed by atoms with E-state index in [4.69, 9.17) is 0 Å². The Bertz CT molecular complexity index is 240. The maximum Gasteiger partial charge on any atom is 0.00674 e. The van der Waals surface area contributed by atoms with Gasteiger partial charge in [0.1, 0.15) is 0 Å². The molecule has 2 rings (SSSR count). The van der Waals surface area contributed by atoms with E-state index in [1.54, 1.807) is 0 Å². The summed E-state index contributed by atoms with van der Waals surface area (Å²) in [7, 11) is 0. The average Bonchev–Trinajstić information content (AvgIpc) is 2.63. The van der Waals surface area contributed by atoms with Crippen molar-refractivity contribution < 1.29 is 0 Å². The Hall–Kier alpha value is -0.0800. The van der Waals surface area contributed by atoms with Crippen molar-refractivity contribution in [3.63, 3.8) is 0 Å². The minimum atomic E-state index is 0.547. The lowest BCUT2D eigenvalue weighted by molar-refractivity contribution is 0.174. The molecular formula is C17H34N2. The van der Waals surface area contributed by atoms with Gasteiger partial charge in [0.05, 0.1) is 0 Å². The van der Waals surface area contributed by atoms with E-state index in [1.165, 1.54) is 77.4 Å². The molecule has 2 nitrogen and oxygen atoms in total. The molecule has 0 aromatic carbocycles. The van der Waals surface area contributed by atoms with Gasteiger partial charge in [-0.1, -0.05) is 33.1 Å². The molecule has 112 valence electrons. The van der Waals surface area contributed by atoms with E-state index in [9.17, 15) is 0 Å². The van der Waals surface area contributed by atoms with Gasteiger partial charge in [-0.2, -0.15) is 0 Å². The van der Waals surface area contributed by atoms with Gasteiger partial charge < -0.3 is 10.6 Å². The highest BCUT2D eigenvalue weighted by atomic mass is 15.0. The summed E-state index contributed by atoms with van der Waals surface area (Å²) in [6.45, 7) is 8.46. The van der Waals surface area contributed by atoms with E-state index in [-0.39, 0.29) is 0 Å². The third-order valence-electron chi connectivity index (χ3n) is 5.36. The Balaban J connectivity index is 1.80. The molecular weight excluding hydrogens is 232 g/mol. The van der Waals surface area contributed by atoms with Crippen molar-refractivity contribution in [2.24, 2.45) is 11.3 Å². The van der Waals surface area contributed by atoms with Crippen molar-refractivity contribution >= 4 is 0 Å². The standard InChI is InChI=1S/C17H34N2/c1-3-10-17(11-5-12-18-13-17)14-19-16-7-4-6-15(2)8-9-16/h15-16,18-19H,3-14H2,1-2H3. The maximum atomic E-state index is 3.94. The second kappa shape index (κ2) is 7.64. The van der Waals surface area contributed by atoms with Crippen LogP contribution in [0.3, 0.4) is 0 Å². The Morgan fingerprint density at radius 2 is 2.05 bits per heavy atom. The average molecular weight is 266 g/mol. The third-order valence-corrected chi connectivity index (χ3v) is 5.36. The quantitative estimate of drug-likeness (QED) is 0.741. The molecule has 3 atom stereocenters. The van der Waals surface area contributed by atoms with Crippen LogP contribution in [0, 0.1) is 11.3 Å². The molecule has 0 radical (unpaired) electrons. The summed E-state index contributed by atoms with van der Waals surface area (Å²) in [5.74, 6) is 0.952. The number of hydrogen-bond donors (Lipinski definition) is 2. The molecule has 1 aliphatic carbocycles. The van der Waals surface area contributed by atoms with E-state index < -0.39 is 0 Å². The molecule has 19 heavy (non-hydrogen) atoms. The first kappa shape index (κ1) is 15.3. The predicted molar refractivity (Wildman–Crippen MR) is 83.5 cm³/mol. The SMILES string of the molecule is CCCC1(CNC2CCCC(C)CC2)CCCNC1. The zero-order valence-electron chi connectivity index (χ0n) is 13.1. The first-order chi connectivity index (χ1) is 9.24. The fourth-order valence-corrected chi connectivity index (χ4v) is 4.07. The molecule has 0 aromatic heterocycles. The fourth-order valence-electron chi connectivity index (χ4n) is 4.07. The molecule has 0 bridgehead atoms. The second-order valence-corrected chi connectivity index (χ2v) is 7.22. The molecule has 2 aliphatic rings. The molecule has 0 amide bonds. The van der Waals surface area contributed by atoms with Gasteiger partial charge in [-0.15, -0.1) is 0 Å². The normalized spacial score (nSPS) is 36.9. The summed E-state index contributed by atoms with van der Waals surface area (Å²) in [6.07, 6.45) is 12.6. The Kier molecular flexibility index (Phi) is 6.15. The molecule has 2 heteroatoms. The van der Waals surface area contributed by atoms with Crippen LogP contribution in [-0.4, -0.2) is 25.7 Å². The molecule has 1 heterocycles. The monoisotopic (exact) mass is 266 g/mol. The lowest BCUT2D eigenvalue weighted by atomic mass is 9.76. The summed E-state index contributed by atoms with van der Waals surface area (Å²) in [5, 5.41) is 7.57. The van der Waals surface area contributed by atoms with Crippen molar-refractivity contribution in [1.82, 2.24) is 10.6 Å². The highest BCUT2D eigenvalue weighted by Gasteiger charge is 2.31. The van der Waals surface area contributed by atoms with E-state index >= 15 is 0 Å². The van der Waals surface area contributed by atoms with Crippen LogP contribution in [0.4, 0.5) is 0 Å². The third kappa shape index (κ3) is 4.75. The fraction of sp³-hybridized carbons (Fsp3) is 1.00. The van der Waals surface area contributed by atoms with Crippen LogP contribution in [0.2, 0.25) is 0 Å². The molecule has 1 saturated carbocycles. The van der Waals surface area contributed by atoms with Crippen LogP contribution in [0.15, 0.2) is 0 Å². The van der Waals surface area contributed by atoms with Gasteiger partial charge in [0.2, 0.25) is 0 Å². The van der Waals surface area contributed by atoms with Crippen molar-refractivity contribution in [3.05, 3.63) is 0 Å². The number of rotatable bonds is 5. The molecule has 1 aliphatic heterocycles. The van der Waals surface area contributed by atoms with E-state index in [1.807, 2.05) is 0 Å². The first-order valence-electron chi connectivity index (χ1n) is 8.68. The zero-order chi connectivity index (χ0) is 13.6. The Morgan fingerprint density at radius 3 is 2.79 bits per heavy atom. The minimum absolute atomic E-state index is 0.547. The van der Waals surface area contributed by atoms with E-state index in [0.29, 0.717) is 5.41 Å². The molecule has 0 spiro atoms. The van der Waals surface area contributed by atoms with Crippen molar-refractivity contribution in [1.29, 1.82) is 0 Å². The molecule has 1 saturated heterocycles. The van der Waals surface area contributed by atoms with Gasteiger partial charge in [-0.05, 0) is 56.4 Å². The Labute approximate surface area is 120 Å². The minimum Gasteiger partial charge on any atom is -0.316 e. The molecule has 3 unspecified atom stereocenters. The molecule has 2 N–H and O–H groups in total. The number of hydrogen-bond acceptors (Lipinski definition) is 2. The topological polar surface area (TPSA) is 24.1 Å². The first-order valence-corrected chi connectivity index (χ1v) is 8.68. The highest BCUT2D eigenvalue weighted by molar-refractivity contribution is 4.88. The summed E-state index contributed by atoms with van der Waals surface area (Å²) >= 11 is 0. The zero-order valence-corrected chi connectivity index (χ0v) is 13.1. The van der Waals surface area contributed by atoms with Crippen molar-refractivity contribution in [3.8, 4) is 0 Å². The molecule has 0 aromatic rings. The Morgan fingerprint density at radius 1 is 1.16 bits per heavy atom. The summed E-state index contributed by atoms with van der Waals surface area (Å²) in [5.41, 5.74) is 0.547. The van der Waals surface area contributed by atoms with Crippen molar-refractivity contribution in [2.45, 2.75) is 77.7 Å². The summed E-state index contributed by atoms with van der Waals surface area (Å²) in [4.78, 5) is 0. The highest BCUT2D eigenvalue weighted by Crippen LogP contribution is 2.31. The van der Waals surface area contributed by atoms with Gasteiger partial charge >= 0.3 is 0 Å². The van der Waals surface area contributed by atoms with Crippen LogP contribution < -0.4 is 10.6 Å². The smallest absolute Gasteiger partial charge is 0.00674 e.